The minimum atomic E-state index is 0.278. The summed E-state index contributed by atoms with van der Waals surface area (Å²) in [4.78, 5) is 15.6. The number of aromatic nitrogens is 3. The van der Waals surface area contributed by atoms with E-state index in [1.807, 2.05) is 30.3 Å². The van der Waals surface area contributed by atoms with Gasteiger partial charge in [-0.3, -0.25) is 0 Å². The number of fused-ring (bicyclic) bond motifs is 9. The molecule has 3 aromatic heterocycles. The molecule has 5 aromatic carbocycles. The highest BCUT2D eigenvalue weighted by Gasteiger charge is 2.26. The summed E-state index contributed by atoms with van der Waals surface area (Å²) in [5.41, 5.74) is 11.1. The molecule has 0 radical (unpaired) electrons. The van der Waals surface area contributed by atoms with Crippen molar-refractivity contribution in [2.24, 2.45) is 5.92 Å². The topological polar surface area (TPSA) is 65.0 Å². The van der Waals surface area contributed by atoms with E-state index in [9.17, 15) is 0 Å². The zero-order chi connectivity index (χ0) is 35.0. The highest BCUT2D eigenvalue weighted by Crippen LogP contribution is 2.43. The van der Waals surface area contributed by atoms with Crippen LogP contribution < -0.4 is 0 Å². The molecule has 252 valence electrons. The van der Waals surface area contributed by atoms with Crippen molar-refractivity contribution < 1.29 is 8.83 Å². The van der Waals surface area contributed by atoms with Crippen molar-refractivity contribution in [3.05, 3.63) is 162 Å². The molecule has 8 aromatic rings. The van der Waals surface area contributed by atoms with E-state index in [-0.39, 0.29) is 5.92 Å². The third-order valence-corrected chi connectivity index (χ3v) is 11.1. The highest BCUT2D eigenvalue weighted by atomic mass is 16.3. The lowest BCUT2D eigenvalue weighted by Gasteiger charge is -2.27. The molecule has 5 nitrogen and oxygen atoms in total. The third-order valence-electron chi connectivity index (χ3n) is 11.1. The first-order chi connectivity index (χ1) is 26.1. The van der Waals surface area contributed by atoms with Gasteiger partial charge in [0, 0.05) is 50.2 Å². The van der Waals surface area contributed by atoms with Crippen molar-refractivity contribution in [1.82, 2.24) is 15.0 Å². The lowest BCUT2D eigenvalue weighted by atomic mass is 9.77. The highest BCUT2D eigenvalue weighted by molar-refractivity contribution is 6.13. The molecule has 0 aliphatic heterocycles. The Bertz CT molecular complexity index is 2910. The molecule has 0 bridgehead atoms. The molecular formula is C48H33N3O2. The first-order valence-corrected chi connectivity index (χ1v) is 18.3. The SMILES string of the molecule is CC1CC=Cc2oc3cc(-c4cc(-c5nc(-c6ccccc6)nc(-c6ccc7c(c6)C6C=CC=CC6C=C7)n5)c5c(c4)oc4ccccc45)ccc3c21. The predicted octanol–water partition coefficient (Wildman–Crippen LogP) is 12.6. The van der Waals surface area contributed by atoms with Crippen molar-refractivity contribution in [3.8, 4) is 45.3 Å². The van der Waals surface area contributed by atoms with Gasteiger partial charge in [0.05, 0.1) is 0 Å². The maximum Gasteiger partial charge on any atom is 0.164 e. The largest absolute Gasteiger partial charge is 0.456 e. The van der Waals surface area contributed by atoms with E-state index in [0.717, 1.165) is 67.5 Å². The van der Waals surface area contributed by atoms with Gasteiger partial charge in [-0.1, -0.05) is 122 Å². The Hall–Kier alpha value is -6.59. The van der Waals surface area contributed by atoms with E-state index in [4.69, 9.17) is 23.8 Å². The molecule has 0 saturated heterocycles. The van der Waals surface area contributed by atoms with Crippen molar-refractivity contribution in [2.75, 3.05) is 0 Å². The fourth-order valence-electron chi connectivity index (χ4n) is 8.47. The van der Waals surface area contributed by atoms with Crippen LogP contribution in [-0.2, 0) is 0 Å². The first-order valence-electron chi connectivity index (χ1n) is 18.3. The van der Waals surface area contributed by atoms with Crippen LogP contribution >= 0.6 is 0 Å². The number of nitrogens with zero attached hydrogens (tertiary/aromatic N) is 3. The van der Waals surface area contributed by atoms with Gasteiger partial charge < -0.3 is 8.83 Å². The van der Waals surface area contributed by atoms with E-state index >= 15 is 0 Å². The van der Waals surface area contributed by atoms with Crippen LogP contribution in [0.1, 0.15) is 47.6 Å². The number of hydrogen-bond acceptors (Lipinski definition) is 5. The summed E-state index contributed by atoms with van der Waals surface area (Å²) in [6.45, 7) is 2.27. The Morgan fingerprint density at radius 2 is 1.38 bits per heavy atom. The van der Waals surface area contributed by atoms with E-state index in [2.05, 4.69) is 128 Å². The molecule has 0 fully saturated rings. The minimum absolute atomic E-state index is 0.278. The molecule has 53 heavy (non-hydrogen) atoms. The molecule has 0 N–H and O–H groups in total. The van der Waals surface area contributed by atoms with Crippen LogP contribution in [0.5, 0.6) is 0 Å². The van der Waals surface area contributed by atoms with Crippen LogP contribution in [0.15, 0.2) is 148 Å². The normalized spacial score (nSPS) is 18.5. The molecule has 3 heterocycles. The summed E-state index contributed by atoms with van der Waals surface area (Å²) >= 11 is 0. The summed E-state index contributed by atoms with van der Waals surface area (Å²) in [5.74, 6) is 3.85. The van der Waals surface area contributed by atoms with Crippen LogP contribution in [0.3, 0.4) is 0 Å². The number of furan rings is 2. The van der Waals surface area contributed by atoms with Crippen LogP contribution in [0.4, 0.5) is 0 Å². The van der Waals surface area contributed by atoms with Gasteiger partial charge in [0.25, 0.3) is 0 Å². The summed E-state index contributed by atoms with van der Waals surface area (Å²) in [6, 6.07) is 35.8. The quantitative estimate of drug-likeness (QED) is 0.185. The fraction of sp³-hybridized carbons (Fsp3) is 0.104. The zero-order valence-corrected chi connectivity index (χ0v) is 29.0. The molecule has 3 atom stereocenters. The molecule has 0 spiro atoms. The minimum Gasteiger partial charge on any atom is -0.456 e. The van der Waals surface area contributed by atoms with Crippen molar-refractivity contribution in [2.45, 2.75) is 25.2 Å². The smallest absolute Gasteiger partial charge is 0.164 e. The van der Waals surface area contributed by atoms with Crippen LogP contribution in [0.25, 0.3) is 90.4 Å². The molecule has 3 aliphatic carbocycles. The second kappa shape index (κ2) is 11.7. The van der Waals surface area contributed by atoms with Crippen LogP contribution in [0, 0.1) is 5.92 Å². The van der Waals surface area contributed by atoms with Gasteiger partial charge in [-0.05, 0) is 71.0 Å². The fourth-order valence-corrected chi connectivity index (χ4v) is 8.47. The molecule has 5 heteroatoms. The first kappa shape index (κ1) is 30.1. The average Bonchev–Trinajstić information content (AvgIpc) is 3.79. The van der Waals surface area contributed by atoms with Gasteiger partial charge in [-0.25, -0.2) is 15.0 Å². The second-order valence-electron chi connectivity index (χ2n) is 14.4. The van der Waals surface area contributed by atoms with Crippen LogP contribution in [0.2, 0.25) is 0 Å². The van der Waals surface area contributed by atoms with Crippen molar-refractivity contribution in [3.63, 3.8) is 0 Å². The Labute approximate surface area is 306 Å². The van der Waals surface area contributed by atoms with Gasteiger partial charge in [0.2, 0.25) is 0 Å². The summed E-state index contributed by atoms with van der Waals surface area (Å²) in [5, 5.41) is 3.17. The van der Waals surface area contributed by atoms with Gasteiger partial charge >= 0.3 is 0 Å². The van der Waals surface area contributed by atoms with Gasteiger partial charge in [0.1, 0.15) is 22.5 Å². The maximum atomic E-state index is 6.56. The van der Waals surface area contributed by atoms with Gasteiger partial charge in [0.15, 0.2) is 17.5 Å². The molecule has 3 unspecified atom stereocenters. The second-order valence-corrected chi connectivity index (χ2v) is 14.4. The van der Waals surface area contributed by atoms with E-state index in [0.29, 0.717) is 29.3 Å². The zero-order valence-electron chi connectivity index (χ0n) is 29.0. The van der Waals surface area contributed by atoms with Gasteiger partial charge in [-0.2, -0.15) is 0 Å². The predicted molar refractivity (Wildman–Crippen MR) is 214 cm³/mol. The standard InChI is InChI=1S/C48H33N3O2/c1-28-10-9-17-41-44(28)37-23-22-32(26-42(37)53-41)34-25-39(45-36-15-7-8-16-40(36)52-43(45)27-34)48-50-46(31-12-3-2-4-13-31)49-47(51-48)33-21-20-30-19-18-29-11-5-6-14-35(29)38(30)24-33/h2-9,11-29,35H,10H2,1H3. The number of allylic oxidation sites excluding steroid dienone is 6. The van der Waals surface area contributed by atoms with Gasteiger partial charge in [-0.15, -0.1) is 0 Å². The Balaban J connectivity index is 1.13. The molecular weight excluding hydrogens is 651 g/mol. The number of hydrogen-bond donors (Lipinski definition) is 0. The monoisotopic (exact) mass is 683 g/mol. The Morgan fingerprint density at radius 3 is 2.30 bits per heavy atom. The summed E-state index contributed by atoms with van der Waals surface area (Å²) in [7, 11) is 0. The summed E-state index contributed by atoms with van der Waals surface area (Å²) in [6.07, 6.45) is 18.7. The molecule has 3 aliphatic rings. The number of para-hydroxylation sites is 1. The van der Waals surface area contributed by atoms with E-state index < -0.39 is 0 Å². The van der Waals surface area contributed by atoms with E-state index in [1.165, 1.54) is 22.1 Å². The lowest BCUT2D eigenvalue weighted by molar-refractivity contribution is 0.586. The van der Waals surface area contributed by atoms with Crippen molar-refractivity contribution >= 4 is 45.1 Å². The Morgan fingerprint density at radius 1 is 0.585 bits per heavy atom. The average molecular weight is 684 g/mol. The molecule has 0 amide bonds. The van der Waals surface area contributed by atoms with Crippen molar-refractivity contribution in [1.29, 1.82) is 0 Å². The maximum absolute atomic E-state index is 6.56. The molecule has 11 rings (SSSR count). The lowest BCUT2D eigenvalue weighted by Crippen LogP contribution is -2.13. The van der Waals surface area contributed by atoms with E-state index in [1.54, 1.807) is 0 Å². The number of benzene rings is 5. The third kappa shape index (κ3) is 4.88. The Kier molecular flexibility index (Phi) is 6.65. The van der Waals surface area contributed by atoms with Crippen LogP contribution in [-0.4, -0.2) is 15.0 Å². The molecule has 0 saturated carbocycles. The summed E-state index contributed by atoms with van der Waals surface area (Å²) < 4.78 is 13.0. The number of rotatable bonds is 4.